The zero-order valence-corrected chi connectivity index (χ0v) is 8.79. The number of likely N-dealkylation sites (tertiary alicyclic amines) is 1. The first-order valence-corrected chi connectivity index (χ1v) is 5.01. The van der Waals surface area contributed by atoms with E-state index in [1.165, 1.54) is 0 Å². The normalized spacial score (nSPS) is 24.2. The van der Waals surface area contributed by atoms with Gasteiger partial charge in [-0.3, -0.25) is 9.69 Å². The molecule has 4 nitrogen and oxygen atoms in total. The highest BCUT2D eigenvalue weighted by atomic mass is 16.1. The van der Waals surface area contributed by atoms with Crippen LogP contribution in [0.2, 0.25) is 0 Å². The quantitative estimate of drug-likeness (QED) is 0.713. The smallest absolute Gasteiger partial charge is 0.217 e. The molecule has 14 heavy (non-hydrogen) atoms. The van der Waals surface area contributed by atoms with Crippen LogP contribution in [0.5, 0.6) is 0 Å². The number of carbonyl (C=O) groups excluding carboxylic acids is 1. The predicted octanol–water partition coefficient (Wildman–Crippen LogP) is 0.499. The summed E-state index contributed by atoms with van der Waals surface area (Å²) in [6.07, 6.45) is 1.56. The van der Waals surface area contributed by atoms with E-state index in [4.69, 9.17) is 5.26 Å². The molecule has 1 aliphatic rings. The number of nitrogens with one attached hydrogen (secondary N) is 1. The number of hydrogen-bond donors (Lipinski definition) is 1. The van der Waals surface area contributed by atoms with E-state index in [0.29, 0.717) is 12.5 Å². The van der Waals surface area contributed by atoms with Gasteiger partial charge in [-0.05, 0) is 13.3 Å². The Balaban J connectivity index is 2.34. The monoisotopic (exact) mass is 195 g/mol. The van der Waals surface area contributed by atoms with E-state index in [2.05, 4.69) is 23.2 Å². The van der Waals surface area contributed by atoms with Gasteiger partial charge in [-0.15, -0.1) is 0 Å². The molecule has 1 N–H and O–H groups in total. The van der Waals surface area contributed by atoms with Gasteiger partial charge in [0.2, 0.25) is 5.91 Å². The third-order valence-corrected chi connectivity index (χ3v) is 2.64. The molecule has 0 saturated carbocycles. The van der Waals surface area contributed by atoms with Crippen molar-refractivity contribution < 1.29 is 4.79 Å². The zero-order valence-electron chi connectivity index (χ0n) is 8.79. The highest BCUT2D eigenvalue weighted by Crippen LogP contribution is 2.14. The van der Waals surface area contributed by atoms with Crippen molar-refractivity contribution in [2.45, 2.75) is 38.8 Å². The van der Waals surface area contributed by atoms with Crippen molar-refractivity contribution in [3.63, 3.8) is 0 Å². The first kappa shape index (κ1) is 11.0. The molecule has 1 fully saturated rings. The van der Waals surface area contributed by atoms with E-state index in [0.717, 1.165) is 19.5 Å². The predicted molar refractivity (Wildman–Crippen MR) is 53.5 cm³/mol. The van der Waals surface area contributed by atoms with Gasteiger partial charge in [-0.1, -0.05) is 0 Å². The number of rotatable bonds is 3. The fourth-order valence-electron chi connectivity index (χ4n) is 1.85. The summed E-state index contributed by atoms with van der Waals surface area (Å²) in [7, 11) is 0. The second-order valence-electron chi connectivity index (χ2n) is 3.89. The van der Waals surface area contributed by atoms with Crippen LogP contribution in [0.25, 0.3) is 0 Å². The zero-order chi connectivity index (χ0) is 10.6. The Morgan fingerprint density at radius 2 is 2.50 bits per heavy atom. The van der Waals surface area contributed by atoms with Gasteiger partial charge in [-0.2, -0.15) is 5.26 Å². The molecule has 4 heteroatoms. The standard InChI is InChI=1S/C10H17N3O/c1-8(3-5-11)13-6-4-10(7-13)12-9(2)14/h8,10H,3-4,6-7H2,1-2H3,(H,12,14). The van der Waals surface area contributed by atoms with E-state index in [1.54, 1.807) is 6.92 Å². The van der Waals surface area contributed by atoms with Gasteiger partial charge in [0.1, 0.15) is 0 Å². The lowest BCUT2D eigenvalue weighted by Crippen LogP contribution is -2.38. The van der Waals surface area contributed by atoms with Crippen LogP contribution in [0.1, 0.15) is 26.7 Å². The van der Waals surface area contributed by atoms with E-state index < -0.39 is 0 Å². The average molecular weight is 195 g/mol. The molecule has 1 saturated heterocycles. The Kier molecular flexibility index (Phi) is 3.90. The van der Waals surface area contributed by atoms with Crippen molar-refractivity contribution >= 4 is 5.91 Å². The van der Waals surface area contributed by atoms with Crippen molar-refractivity contribution in [2.75, 3.05) is 13.1 Å². The summed E-state index contributed by atoms with van der Waals surface area (Å²) < 4.78 is 0. The maximum atomic E-state index is 10.8. The van der Waals surface area contributed by atoms with E-state index in [-0.39, 0.29) is 11.9 Å². The minimum absolute atomic E-state index is 0.0322. The minimum atomic E-state index is 0.0322. The van der Waals surface area contributed by atoms with Crippen LogP contribution < -0.4 is 5.32 Å². The number of amides is 1. The van der Waals surface area contributed by atoms with E-state index in [9.17, 15) is 4.79 Å². The van der Waals surface area contributed by atoms with Gasteiger partial charge in [0.15, 0.2) is 0 Å². The molecule has 0 aromatic rings. The Hall–Kier alpha value is -1.08. The molecular weight excluding hydrogens is 178 g/mol. The molecule has 0 bridgehead atoms. The number of nitriles is 1. The van der Waals surface area contributed by atoms with Crippen molar-refractivity contribution in [1.29, 1.82) is 5.26 Å². The van der Waals surface area contributed by atoms with Crippen molar-refractivity contribution in [1.82, 2.24) is 10.2 Å². The van der Waals surface area contributed by atoms with Gasteiger partial charge >= 0.3 is 0 Å². The molecule has 2 atom stereocenters. The summed E-state index contributed by atoms with van der Waals surface area (Å²) in [5.41, 5.74) is 0. The van der Waals surface area contributed by atoms with Gasteiger partial charge in [0.05, 0.1) is 12.5 Å². The molecule has 0 aliphatic carbocycles. The van der Waals surface area contributed by atoms with Crippen LogP contribution >= 0.6 is 0 Å². The highest BCUT2D eigenvalue weighted by molar-refractivity contribution is 5.73. The van der Waals surface area contributed by atoms with Crippen LogP contribution in [0.3, 0.4) is 0 Å². The molecule has 0 radical (unpaired) electrons. The third-order valence-electron chi connectivity index (χ3n) is 2.64. The van der Waals surface area contributed by atoms with Crippen molar-refractivity contribution in [2.24, 2.45) is 0 Å². The fraction of sp³-hybridized carbons (Fsp3) is 0.800. The van der Waals surface area contributed by atoms with Crippen LogP contribution in [0, 0.1) is 11.3 Å². The highest BCUT2D eigenvalue weighted by Gasteiger charge is 2.25. The fourth-order valence-corrected chi connectivity index (χ4v) is 1.85. The molecule has 0 aromatic heterocycles. The molecular formula is C10H17N3O. The lowest BCUT2D eigenvalue weighted by atomic mass is 10.2. The molecule has 1 aliphatic heterocycles. The average Bonchev–Trinajstić information content (AvgIpc) is 2.52. The molecule has 1 amide bonds. The Morgan fingerprint density at radius 1 is 1.79 bits per heavy atom. The number of hydrogen-bond acceptors (Lipinski definition) is 3. The maximum Gasteiger partial charge on any atom is 0.217 e. The number of carbonyl (C=O) groups is 1. The van der Waals surface area contributed by atoms with Gasteiger partial charge in [-0.25, -0.2) is 0 Å². The molecule has 1 heterocycles. The Labute approximate surface area is 84.9 Å². The van der Waals surface area contributed by atoms with Crippen molar-refractivity contribution in [3.05, 3.63) is 0 Å². The summed E-state index contributed by atoms with van der Waals surface area (Å²) >= 11 is 0. The second-order valence-corrected chi connectivity index (χ2v) is 3.89. The Bertz CT molecular complexity index is 246. The second kappa shape index (κ2) is 4.97. The van der Waals surface area contributed by atoms with Gasteiger partial charge < -0.3 is 5.32 Å². The van der Waals surface area contributed by atoms with Gasteiger partial charge in [0.25, 0.3) is 0 Å². The lowest BCUT2D eigenvalue weighted by Gasteiger charge is -2.21. The summed E-state index contributed by atoms with van der Waals surface area (Å²) in [5, 5.41) is 11.5. The van der Waals surface area contributed by atoms with E-state index in [1.807, 2.05) is 0 Å². The summed E-state index contributed by atoms with van der Waals surface area (Å²) in [6, 6.07) is 2.75. The van der Waals surface area contributed by atoms with E-state index >= 15 is 0 Å². The summed E-state index contributed by atoms with van der Waals surface area (Å²) in [4.78, 5) is 13.1. The SMILES string of the molecule is CC(=O)NC1CCN(C(C)CC#N)C1. The molecule has 78 valence electrons. The van der Waals surface area contributed by atoms with Crippen LogP contribution in [-0.4, -0.2) is 36.0 Å². The Morgan fingerprint density at radius 3 is 3.07 bits per heavy atom. The van der Waals surface area contributed by atoms with Crippen LogP contribution in [0.15, 0.2) is 0 Å². The molecule has 0 aromatic carbocycles. The number of nitrogens with zero attached hydrogens (tertiary/aromatic N) is 2. The summed E-state index contributed by atoms with van der Waals surface area (Å²) in [5.74, 6) is 0.0322. The van der Waals surface area contributed by atoms with Crippen LogP contribution in [-0.2, 0) is 4.79 Å². The first-order valence-electron chi connectivity index (χ1n) is 5.01. The molecule has 1 rings (SSSR count). The first-order chi connectivity index (χ1) is 6.63. The molecule has 0 spiro atoms. The lowest BCUT2D eigenvalue weighted by molar-refractivity contribution is -0.119. The molecule has 2 unspecified atom stereocenters. The maximum absolute atomic E-state index is 10.8. The third kappa shape index (κ3) is 3.00. The summed E-state index contributed by atoms with van der Waals surface area (Å²) in [6.45, 7) is 5.46. The largest absolute Gasteiger partial charge is 0.352 e. The van der Waals surface area contributed by atoms with Crippen LogP contribution in [0.4, 0.5) is 0 Å². The topological polar surface area (TPSA) is 56.1 Å². The minimum Gasteiger partial charge on any atom is -0.352 e. The van der Waals surface area contributed by atoms with Crippen molar-refractivity contribution in [3.8, 4) is 6.07 Å². The van der Waals surface area contributed by atoms with Gasteiger partial charge in [0, 0.05) is 32.1 Å².